The highest BCUT2D eigenvalue weighted by Gasteiger charge is 2.34. The summed E-state index contributed by atoms with van der Waals surface area (Å²) in [5.41, 5.74) is 0. The van der Waals surface area contributed by atoms with Gasteiger partial charge in [-0.05, 0) is 38.1 Å². The van der Waals surface area contributed by atoms with Crippen LogP contribution in [0.1, 0.15) is 33.1 Å². The number of hydrogen-bond donors (Lipinski definition) is 0. The summed E-state index contributed by atoms with van der Waals surface area (Å²) in [5.74, 6) is 2.92. The maximum absolute atomic E-state index is 2.48. The van der Waals surface area contributed by atoms with Crippen LogP contribution in [-0.2, 0) is 0 Å². The largest absolute Gasteiger partial charge is 0.324 e. The first-order chi connectivity index (χ1) is 7.98. The lowest BCUT2D eigenvalue weighted by atomic mass is 9.93. The standard InChI is InChI=1S/C15H31N2/c1-13(2)15-6-5-14(11-15)12-17(4)9-7-16(3)8-10-17/h13-15H,5-12H2,1-4H3/q+1. The molecule has 2 rings (SSSR count). The topological polar surface area (TPSA) is 3.24 Å². The average molecular weight is 239 g/mol. The predicted molar refractivity (Wildman–Crippen MR) is 74.0 cm³/mol. The van der Waals surface area contributed by atoms with Gasteiger partial charge in [-0.25, -0.2) is 0 Å². The van der Waals surface area contributed by atoms with E-state index < -0.39 is 0 Å². The van der Waals surface area contributed by atoms with E-state index in [1.165, 1.54) is 56.5 Å². The third kappa shape index (κ3) is 3.45. The van der Waals surface area contributed by atoms with Gasteiger partial charge < -0.3 is 4.48 Å². The Kier molecular flexibility index (Phi) is 4.14. The minimum Gasteiger partial charge on any atom is -0.324 e. The molecule has 2 atom stereocenters. The van der Waals surface area contributed by atoms with E-state index in [-0.39, 0.29) is 0 Å². The van der Waals surface area contributed by atoms with Crippen molar-refractivity contribution in [3.63, 3.8) is 0 Å². The maximum Gasteiger partial charge on any atom is 0.0914 e. The van der Waals surface area contributed by atoms with Crippen LogP contribution in [0.2, 0.25) is 0 Å². The third-order valence-corrected chi connectivity index (χ3v) is 5.27. The minimum absolute atomic E-state index is 0.901. The smallest absolute Gasteiger partial charge is 0.0914 e. The van der Waals surface area contributed by atoms with Crippen molar-refractivity contribution in [3.8, 4) is 0 Å². The van der Waals surface area contributed by atoms with Crippen molar-refractivity contribution in [1.82, 2.24) is 4.90 Å². The molecule has 100 valence electrons. The van der Waals surface area contributed by atoms with Gasteiger partial charge in [0, 0.05) is 19.0 Å². The molecule has 2 aliphatic rings. The summed E-state index contributed by atoms with van der Waals surface area (Å²) < 4.78 is 1.33. The van der Waals surface area contributed by atoms with E-state index in [0.717, 1.165) is 17.8 Å². The molecule has 0 aromatic rings. The first-order valence-corrected chi connectivity index (χ1v) is 7.50. The Balaban J connectivity index is 1.81. The lowest BCUT2D eigenvalue weighted by Crippen LogP contribution is -2.57. The van der Waals surface area contributed by atoms with Crippen LogP contribution < -0.4 is 0 Å². The minimum atomic E-state index is 0.901. The molecular weight excluding hydrogens is 208 g/mol. The van der Waals surface area contributed by atoms with Crippen LogP contribution in [0, 0.1) is 17.8 Å². The van der Waals surface area contributed by atoms with Crippen LogP contribution in [0.5, 0.6) is 0 Å². The summed E-state index contributed by atoms with van der Waals surface area (Å²) in [6, 6.07) is 0. The molecule has 2 nitrogen and oxygen atoms in total. The molecule has 0 aromatic carbocycles. The SMILES string of the molecule is CC(C)C1CCC(C[N+]2(C)CCN(C)CC2)C1. The maximum atomic E-state index is 2.48. The molecule has 0 spiro atoms. The second-order valence-electron chi connectivity index (χ2n) is 7.24. The zero-order valence-corrected chi connectivity index (χ0v) is 12.3. The number of likely N-dealkylation sites (N-methyl/N-ethyl adjacent to an activating group) is 2. The van der Waals surface area contributed by atoms with Crippen molar-refractivity contribution >= 4 is 0 Å². The molecule has 2 heteroatoms. The van der Waals surface area contributed by atoms with Crippen molar-refractivity contribution in [3.05, 3.63) is 0 Å². The van der Waals surface area contributed by atoms with Crippen molar-refractivity contribution in [2.24, 2.45) is 17.8 Å². The normalized spacial score (nSPS) is 34.4. The molecular formula is C15H31N2+. The van der Waals surface area contributed by atoms with Gasteiger partial charge in [-0.2, -0.15) is 0 Å². The van der Waals surface area contributed by atoms with Crippen LogP contribution >= 0.6 is 0 Å². The molecule has 1 heterocycles. The summed E-state index contributed by atoms with van der Waals surface area (Å²) in [5, 5.41) is 0. The van der Waals surface area contributed by atoms with Gasteiger partial charge in [-0.3, -0.25) is 4.90 Å². The number of hydrogen-bond acceptors (Lipinski definition) is 1. The lowest BCUT2D eigenvalue weighted by Gasteiger charge is -2.42. The van der Waals surface area contributed by atoms with E-state index in [1.54, 1.807) is 0 Å². The molecule has 2 unspecified atom stereocenters. The molecule has 0 radical (unpaired) electrons. The van der Waals surface area contributed by atoms with Gasteiger partial charge >= 0.3 is 0 Å². The van der Waals surface area contributed by atoms with Gasteiger partial charge in [0.25, 0.3) is 0 Å². The Labute approximate surface area is 108 Å². The summed E-state index contributed by atoms with van der Waals surface area (Å²) in [6.07, 6.45) is 4.48. The van der Waals surface area contributed by atoms with Crippen molar-refractivity contribution < 1.29 is 4.48 Å². The van der Waals surface area contributed by atoms with Crippen molar-refractivity contribution in [2.75, 3.05) is 46.8 Å². The molecule has 1 saturated heterocycles. The van der Waals surface area contributed by atoms with E-state index in [1.807, 2.05) is 0 Å². The third-order valence-electron chi connectivity index (χ3n) is 5.27. The second-order valence-corrected chi connectivity index (χ2v) is 7.24. The fraction of sp³-hybridized carbons (Fsp3) is 1.00. The highest BCUT2D eigenvalue weighted by atomic mass is 15.4. The van der Waals surface area contributed by atoms with Gasteiger partial charge in [0.2, 0.25) is 0 Å². The Morgan fingerprint density at radius 3 is 2.35 bits per heavy atom. The van der Waals surface area contributed by atoms with Crippen LogP contribution in [0.4, 0.5) is 0 Å². The van der Waals surface area contributed by atoms with Gasteiger partial charge in [-0.1, -0.05) is 13.8 Å². The molecule has 1 saturated carbocycles. The van der Waals surface area contributed by atoms with Crippen LogP contribution in [0.15, 0.2) is 0 Å². The quantitative estimate of drug-likeness (QED) is 0.684. The van der Waals surface area contributed by atoms with Crippen LogP contribution in [0.3, 0.4) is 0 Å². The van der Waals surface area contributed by atoms with Crippen molar-refractivity contribution in [2.45, 2.75) is 33.1 Å². The van der Waals surface area contributed by atoms with Crippen molar-refractivity contribution in [1.29, 1.82) is 0 Å². The Bertz CT molecular complexity index is 241. The molecule has 1 aliphatic heterocycles. The van der Waals surface area contributed by atoms with Crippen LogP contribution in [0.25, 0.3) is 0 Å². The summed E-state index contributed by atoms with van der Waals surface area (Å²) >= 11 is 0. The second kappa shape index (κ2) is 5.27. The highest BCUT2D eigenvalue weighted by Crippen LogP contribution is 2.36. The van der Waals surface area contributed by atoms with E-state index in [4.69, 9.17) is 0 Å². The first-order valence-electron chi connectivity index (χ1n) is 7.50. The number of rotatable bonds is 3. The van der Waals surface area contributed by atoms with E-state index in [2.05, 4.69) is 32.8 Å². The first kappa shape index (κ1) is 13.4. The van der Waals surface area contributed by atoms with Gasteiger partial charge in [0.1, 0.15) is 0 Å². The summed E-state index contributed by atoms with van der Waals surface area (Å²) in [7, 11) is 4.74. The van der Waals surface area contributed by atoms with E-state index in [9.17, 15) is 0 Å². The molecule has 0 N–H and O–H groups in total. The summed E-state index contributed by atoms with van der Waals surface area (Å²) in [6.45, 7) is 11.5. The predicted octanol–water partition coefficient (Wildman–Crippen LogP) is 2.45. The highest BCUT2D eigenvalue weighted by molar-refractivity contribution is 4.78. The van der Waals surface area contributed by atoms with Gasteiger partial charge in [0.15, 0.2) is 0 Å². The number of nitrogens with zero attached hydrogens (tertiary/aromatic N) is 2. The van der Waals surface area contributed by atoms with E-state index in [0.29, 0.717) is 0 Å². The average Bonchev–Trinajstić information content (AvgIpc) is 2.71. The number of piperazine rings is 1. The Hall–Kier alpha value is -0.0800. The van der Waals surface area contributed by atoms with E-state index >= 15 is 0 Å². The Morgan fingerprint density at radius 1 is 1.18 bits per heavy atom. The molecule has 0 bridgehead atoms. The summed E-state index contributed by atoms with van der Waals surface area (Å²) in [4.78, 5) is 2.48. The molecule has 2 fully saturated rings. The fourth-order valence-corrected chi connectivity index (χ4v) is 3.74. The molecule has 0 aromatic heterocycles. The molecule has 17 heavy (non-hydrogen) atoms. The molecule has 0 amide bonds. The van der Waals surface area contributed by atoms with Gasteiger partial charge in [-0.15, -0.1) is 0 Å². The lowest BCUT2D eigenvalue weighted by molar-refractivity contribution is -0.916. The fourth-order valence-electron chi connectivity index (χ4n) is 3.74. The van der Waals surface area contributed by atoms with Gasteiger partial charge in [0.05, 0.1) is 26.7 Å². The molecule has 1 aliphatic carbocycles. The van der Waals surface area contributed by atoms with Crippen LogP contribution in [-0.4, -0.2) is 56.2 Å². The Morgan fingerprint density at radius 2 is 1.82 bits per heavy atom. The number of quaternary nitrogens is 1. The zero-order chi connectivity index (χ0) is 12.5. The monoisotopic (exact) mass is 239 g/mol. The zero-order valence-electron chi connectivity index (χ0n) is 12.3.